The lowest BCUT2D eigenvalue weighted by Crippen LogP contribution is -2.45. The van der Waals surface area contributed by atoms with Gasteiger partial charge in [0.25, 0.3) is 0 Å². The molecule has 122 valence electrons. The number of amides is 1. The standard InChI is InChI=1S/C18H19N5O/c24-18(17-16-14(5-7-19-17)20-10-21-16)23-8-6-12-11-3-1-2-4-13(11)22-15(12)9-23/h1-4,10,17,19,22H,5-9H2,(H,20,21)/t17-/m1/s1. The molecule has 6 nitrogen and oxygen atoms in total. The van der Waals surface area contributed by atoms with E-state index in [1.807, 2.05) is 11.0 Å². The van der Waals surface area contributed by atoms with Crippen molar-refractivity contribution in [1.82, 2.24) is 25.2 Å². The molecule has 1 atom stereocenters. The molecule has 3 aromatic rings. The first-order valence-corrected chi connectivity index (χ1v) is 8.44. The molecule has 0 spiro atoms. The Labute approximate surface area is 139 Å². The number of H-pyrrole nitrogens is 2. The first kappa shape index (κ1) is 13.8. The number of carbonyl (C=O) groups excluding carboxylic acids is 1. The monoisotopic (exact) mass is 321 g/mol. The van der Waals surface area contributed by atoms with Gasteiger partial charge in [0, 0.05) is 41.8 Å². The van der Waals surface area contributed by atoms with Gasteiger partial charge in [-0.3, -0.25) is 4.79 Å². The summed E-state index contributed by atoms with van der Waals surface area (Å²) in [6, 6.07) is 8.03. The van der Waals surface area contributed by atoms with Crippen LogP contribution >= 0.6 is 0 Å². The molecule has 0 bridgehead atoms. The lowest BCUT2D eigenvalue weighted by molar-refractivity contribution is -0.134. The van der Waals surface area contributed by atoms with Crippen molar-refractivity contribution in [3.05, 3.63) is 53.2 Å². The SMILES string of the molecule is O=C([C@@H]1NCCc2[nH]cnc21)N1CCc2c([nH]c3ccccc23)C1. The highest BCUT2D eigenvalue weighted by atomic mass is 16.2. The van der Waals surface area contributed by atoms with Gasteiger partial charge in [0.1, 0.15) is 6.04 Å². The Morgan fingerprint density at radius 3 is 3.08 bits per heavy atom. The quantitative estimate of drug-likeness (QED) is 0.638. The van der Waals surface area contributed by atoms with Crippen molar-refractivity contribution < 1.29 is 4.79 Å². The number of nitrogens with one attached hydrogen (secondary N) is 3. The van der Waals surface area contributed by atoms with Gasteiger partial charge in [0.2, 0.25) is 5.91 Å². The topological polar surface area (TPSA) is 76.8 Å². The molecule has 1 aromatic carbocycles. The van der Waals surface area contributed by atoms with Crippen LogP contribution in [-0.2, 0) is 24.2 Å². The van der Waals surface area contributed by atoms with Crippen molar-refractivity contribution >= 4 is 16.8 Å². The molecule has 0 unspecified atom stereocenters. The summed E-state index contributed by atoms with van der Waals surface area (Å²) in [5.41, 5.74) is 5.60. The van der Waals surface area contributed by atoms with Crippen LogP contribution in [0.1, 0.15) is 28.7 Å². The molecule has 0 aliphatic carbocycles. The van der Waals surface area contributed by atoms with Crippen LogP contribution in [0.5, 0.6) is 0 Å². The van der Waals surface area contributed by atoms with E-state index in [1.54, 1.807) is 6.33 Å². The number of carbonyl (C=O) groups is 1. The largest absolute Gasteiger partial charge is 0.357 e. The van der Waals surface area contributed by atoms with Crippen LogP contribution in [0.2, 0.25) is 0 Å². The molecular formula is C18H19N5O. The van der Waals surface area contributed by atoms with Crippen LogP contribution in [0, 0.1) is 0 Å². The summed E-state index contributed by atoms with van der Waals surface area (Å²) in [7, 11) is 0. The second kappa shape index (κ2) is 5.21. The van der Waals surface area contributed by atoms with Gasteiger partial charge in [-0.1, -0.05) is 18.2 Å². The fraction of sp³-hybridized carbons (Fsp3) is 0.333. The van der Waals surface area contributed by atoms with Gasteiger partial charge >= 0.3 is 0 Å². The molecule has 0 saturated carbocycles. The molecule has 1 amide bonds. The third-order valence-corrected chi connectivity index (χ3v) is 5.19. The minimum absolute atomic E-state index is 0.118. The van der Waals surface area contributed by atoms with Gasteiger partial charge in [-0.15, -0.1) is 0 Å². The Morgan fingerprint density at radius 2 is 2.12 bits per heavy atom. The minimum atomic E-state index is -0.328. The molecule has 3 N–H and O–H groups in total. The van der Waals surface area contributed by atoms with Crippen LogP contribution in [0.4, 0.5) is 0 Å². The van der Waals surface area contributed by atoms with Gasteiger partial charge in [0.05, 0.1) is 18.6 Å². The maximum Gasteiger partial charge on any atom is 0.246 e. The lowest BCUT2D eigenvalue weighted by atomic mass is 10.0. The highest BCUT2D eigenvalue weighted by Gasteiger charge is 2.33. The molecule has 2 aliphatic rings. The maximum atomic E-state index is 13.0. The zero-order valence-corrected chi connectivity index (χ0v) is 13.3. The number of aromatic amines is 2. The van der Waals surface area contributed by atoms with Crippen molar-refractivity contribution in [2.24, 2.45) is 0 Å². The molecule has 5 rings (SSSR count). The van der Waals surface area contributed by atoms with E-state index in [4.69, 9.17) is 0 Å². The van der Waals surface area contributed by atoms with Crippen LogP contribution in [-0.4, -0.2) is 38.8 Å². The summed E-state index contributed by atoms with van der Waals surface area (Å²) in [5.74, 6) is 0.118. The van der Waals surface area contributed by atoms with E-state index < -0.39 is 0 Å². The number of hydrogen-bond donors (Lipinski definition) is 3. The second-order valence-corrected chi connectivity index (χ2v) is 6.54. The molecule has 24 heavy (non-hydrogen) atoms. The van der Waals surface area contributed by atoms with E-state index in [0.29, 0.717) is 6.54 Å². The van der Waals surface area contributed by atoms with E-state index in [9.17, 15) is 4.79 Å². The van der Waals surface area contributed by atoms with Gasteiger partial charge in [-0.05, 0) is 18.1 Å². The number of nitrogens with zero attached hydrogens (tertiary/aromatic N) is 2. The van der Waals surface area contributed by atoms with E-state index in [1.165, 1.54) is 10.9 Å². The number of rotatable bonds is 1. The molecule has 2 aliphatic heterocycles. The first-order valence-electron chi connectivity index (χ1n) is 8.44. The maximum absolute atomic E-state index is 13.0. The summed E-state index contributed by atoms with van der Waals surface area (Å²) in [6.07, 6.45) is 3.47. The summed E-state index contributed by atoms with van der Waals surface area (Å²) in [5, 5.41) is 4.61. The molecule has 2 aromatic heterocycles. The third-order valence-electron chi connectivity index (χ3n) is 5.19. The molecule has 4 heterocycles. The molecule has 0 saturated heterocycles. The number of hydrogen-bond acceptors (Lipinski definition) is 3. The molecular weight excluding hydrogens is 302 g/mol. The Balaban J connectivity index is 1.44. The van der Waals surface area contributed by atoms with E-state index >= 15 is 0 Å². The number of imidazole rings is 1. The Kier molecular flexibility index (Phi) is 2.99. The average Bonchev–Trinajstić information content (AvgIpc) is 3.24. The van der Waals surface area contributed by atoms with Gasteiger partial charge in [-0.25, -0.2) is 4.98 Å². The smallest absolute Gasteiger partial charge is 0.246 e. The first-order chi connectivity index (χ1) is 11.8. The molecule has 6 heteroatoms. The highest BCUT2D eigenvalue weighted by Crippen LogP contribution is 2.29. The van der Waals surface area contributed by atoms with Crippen molar-refractivity contribution in [3.63, 3.8) is 0 Å². The number of para-hydroxylation sites is 1. The second-order valence-electron chi connectivity index (χ2n) is 6.54. The van der Waals surface area contributed by atoms with Crippen LogP contribution < -0.4 is 5.32 Å². The van der Waals surface area contributed by atoms with Gasteiger partial charge in [0.15, 0.2) is 0 Å². The van der Waals surface area contributed by atoms with E-state index in [-0.39, 0.29) is 11.9 Å². The average molecular weight is 321 g/mol. The Morgan fingerprint density at radius 1 is 1.21 bits per heavy atom. The highest BCUT2D eigenvalue weighted by molar-refractivity contribution is 5.87. The third kappa shape index (κ3) is 1.99. The van der Waals surface area contributed by atoms with Crippen molar-refractivity contribution in [3.8, 4) is 0 Å². The Hall–Kier alpha value is -2.60. The van der Waals surface area contributed by atoms with Crippen molar-refractivity contribution in [1.29, 1.82) is 0 Å². The fourth-order valence-electron chi connectivity index (χ4n) is 3.99. The van der Waals surface area contributed by atoms with E-state index in [0.717, 1.165) is 48.5 Å². The predicted octanol–water partition coefficient (Wildman–Crippen LogP) is 1.66. The zero-order chi connectivity index (χ0) is 16.1. The van der Waals surface area contributed by atoms with Gasteiger partial charge in [-0.2, -0.15) is 0 Å². The number of benzene rings is 1. The predicted molar refractivity (Wildman–Crippen MR) is 90.5 cm³/mol. The summed E-state index contributed by atoms with van der Waals surface area (Å²) < 4.78 is 0. The van der Waals surface area contributed by atoms with Crippen LogP contribution in [0.25, 0.3) is 10.9 Å². The summed E-state index contributed by atoms with van der Waals surface area (Å²) in [4.78, 5) is 26.0. The van der Waals surface area contributed by atoms with Crippen molar-refractivity contribution in [2.45, 2.75) is 25.4 Å². The van der Waals surface area contributed by atoms with Crippen molar-refractivity contribution in [2.75, 3.05) is 13.1 Å². The number of aromatic nitrogens is 3. The van der Waals surface area contributed by atoms with Gasteiger partial charge < -0.3 is 20.2 Å². The molecule has 0 radical (unpaired) electrons. The normalized spacial score (nSPS) is 20.0. The minimum Gasteiger partial charge on any atom is -0.357 e. The Bertz CT molecular complexity index is 925. The zero-order valence-electron chi connectivity index (χ0n) is 13.3. The number of fused-ring (bicyclic) bond motifs is 4. The fourth-order valence-corrected chi connectivity index (χ4v) is 3.99. The summed E-state index contributed by atoms with van der Waals surface area (Å²) in [6.45, 7) is 2.20. The van der Waals surface area contributed by atoms with Crippen LogP contribution in [0.15, 0.2) is 30.6 Å². The lowest BCUT2D eigenvalue weighted by Gasteiger charge is -2.32. The van der Waals surface area contributed by atoms with E-state index in [2.05, 4.69) is 38.5 Å². The van der Waals surface area contributed by atoms with Crippen LogP contribution in [0.3, 0.4) is 0 Å². The summed E-state index contributed by atoms with van der Waals surface area (Å²) >= 11 is 0. The molecule has 0 fully saturated rings.